The second-order valence-corrected chi connectivity index (χ2v) is 9.03. The van der Waals surface area contributed by atoms with Crippen LogP contribution in [0.1, 0.15) is 34.7 Å². The van der Waals surface area contributed by atoms with Crippen LogP contribution in [0.2, 0.25) is 0 Å². The number of carbonyl (C=O) groups is 2. The van der Waals surface area contributed by atoms with Crippen molar-refractivity contribution in [2.75, 3.05) is 6.61 Å². The molecule has 3 aromatic carbocycles. The van der Waals surface area contributed by atoms with E-state index in [1.165, 1.54) is 4.90 Å². The predicted molar refractivity (Wildman–Crippen MR) is 139 cm³/mol. The van der Waals surface area contributed by atoms with Crippen LogP contribution in [0.4, 0.5) is 4.79 Å². The van der Waals surface area contributed by atoms with E-state index in [2.05, 4.69) is 27.3 Å². The van der Waals surface area contributed by atoms with E-state index in [1.807, 2.05) is 50.2 Å². The first-order valence-electron chi connectivity index (χ1n) is 11.4. The van der Waals surface area contributed by atoms with E-state index < -0.39 is 11.9 Å². The Balaban J connectivity index is 1.56. The van der Waals surface area contributed by atoms with Gasteiger partial charge in [0, 0.05) is 10.0 Å². The molecule has 1 aliphatic heterocycles. The van der Waals surface area contributed by atoms with Gasteiger partial charge >= 0.3 is 6.03 Å². The van der Waals surface area contributed by atoms with Crippen LogP contribution in [0.3, 0.4) is 0 Å². The minimum Gasteiger partial charge on any atom is -0.490 e. The summed E-state index contributed by atoms with van der Waals surface area (Å²) in [5, 5.41) is 12.0. The highest BCUT2D eigenvalue weighted by Gasteiger charge is 2.33. The Kier molecular flexibility index (Phi) is 7.71. The zero-order valence-corrected chi connectivity index (χ0v) is 21.5. The first-order chi connectivity index (χ1) is 17.4. The maximum absolute atomic E-state index is 13.0. The molecule has 182 valence electrons. The van der Waals surface area contributed by atoms with Gasteiger partial charge in [-0.15, -0.1) is 0 Å². The van der Waals surface area contributed by atoms with Crippen molar-refractivity contribution >= 4 is 33.9 Å². The van der Waals surface area contributed by atoms with Crippen LogP contribution in [0, 0.1) is 18.3 Å². The SMILES string of the molecule is CCOc1cc(/C=C2/NC(=O)N(Cc3ccc(C)cc3)C2=O)c(Br)cc1OCc1ccccc1C#N. The van der Waals surface area contributed by atoms with Gasteiger partial charge in [0.25, 0.3) is 5.91 Å². The number of halogens is 1. The highest BCUT2D eigenvalue weighted by atomic mass is 79.9. The van der Waals surface area contributed by atoms with Gasteiger partial charge in [-0.2, -0.15) is 5.26 Å². The predicted octanol–water partition coefficient (Wildman–Crippen LogP) is 5.70. The van der Waals surface area contributed by atoms with Gasteiger partial charge in [0.05, 0.1) is 24.8 Å². The molecule has 0 spiro atoms. The zero-order chi connectivity index (χ0) is 25.7. The lowest BCUT2D eigenvalue weighted by atomic mass is 10.1. The number of nitrogens with zero attached hydrogens (tertiary/aromatic N) is 2. The van der Waals surface area contributed by atoms with Gasteiger partial charge in [-0.05, 0) is 49.2 Å². The molecule has 1 saturated heterocycles. The average Bonchev–Trinajstić information content (AvgIpc) is 3.13. The van der Waals surface area contributed by atoms with Crippen LogP contribution in [0.15, 0.2) is 70.8 Å². The molecule has 0 aromatic heterocycles. The second kappa shape index (κ2) is 11.1. The first kappa shape index (κ1) is 25.0. The fourth-order valence-corrected chi connectivity index (χ4v) is 4.14. The molecule has 0 atom stereocenters. The third-order valence-electron chi connectivity index (χ3n) is 5.61. The highest BCUT2D eigenvalue weighted by Crippen LogP contribution is 2.36. The number of carbonyl (C=O) groups excluding carboxylic acids is 2. The van der Waals surface area contributed by atoms with Crippen LogP contribution >= 0.6 is 15.9 Å². The molecule has 1 fully saturated rings. The molecule has 0 aliphatic carbocycles. The summed E-state index contributed by atoms with van der Waals surface area (Å²) < 4.78 is 12.4. The van der Waals surface area contributed by atoms with Gasteiger partial charge in [0.15, 0.2) is 11.5 Å². The molecule has 7 nitrogen and oxygen atoms in total. The Bertz CT molecular complexity index is 1380. The summed E-state index contributed by atoms with van der Waals surface area (Å²) in [4.78, 5) is 26.7. The summed E-state index contributed by atoms with van der Waals surface area (Å²) in [6.45, 7) is 4.62. The van der Waals surface area contributed by atoms with E-state index in [0.29, 0.717) is 33.7 Å². The number of aryl methyl sites for hydroxylation is 1. The fraction of sp³-hybridized carbons (Fsp3) is 0.179. The van der Waals surface area contributed by atoms with E-state index in [1.54, 1.807) is 30.3 Å². The van der Waals surface area contributed by atoms with Gasteiger partial charge in [-0.25, -0.2) is 4.79 Å². The van der Waals surface area contributed by atoms with Crippen molar-refractivity contribution in [3.63, 3.8) is 0 Å². The number of nitriles is 1. The van der Waals surface area contributed by atoms with Crippen LogP contribution < -0.4 is 14.8 Å². The van der Waals surface area contributed by atoms with Crippen LogP contribution in [0.25, 0.3) is 6.08 Å². The van der Waals surface area contributed by atoms with E-state index >= 15 is 0 Å². The molecule has 8 heteroatoms. The van der Waals surface area contributed by atoms with Crippen molar-refractivity contribution in [2.45, 2.75) is 27.0 Å². The minimum atomic E-state index is -0.468. The van der Waals surface area contributed by atoms with Crippen molar-refractivity contribution in [2.24, 2.45) is 0 Å². The van der Waals surface area contributed by atoms with Crippen LogP contribution in [-0.4, -0.2) is 23.4 Å². The molecular formula is C28H24BrN3O4. The van der Waals surface area contributed by atoms with Crippen LogP contribution in [0.5, 0.6) is 11.5 Å². The molecule has 0 saturated carbocycles. The first-order valence-corrected chi connectivity index (χ1v) is 12.2. The lowest BCUT2D eigenvalue weighted by Gasteiger charge is -2.15. The lowest BCUT2D eigenvalue weighted by Crippen LogP contribution is -2.30. The normalized spacial score (nSPS) is 14.1. The summed E-state index contributed by atoms with van der Waals surface area (Å²) in [5.41, 5.74) is 4.09. The lowest BCUT2D eigenvalue weighted by molar-refractivity contribution is -0.123. The topological polar surface area (TPSA) is 91.7 Å². The molecule has 1 N–H and O–H groups in total. The molecule has 3 amide bonds. The molecular weight excluding hydrogens is 522 g/mol. The van der Waals surface area contributed by atoms with Gasteiger partial charge in [0.2, 0.25) is 0 Å². The average molecular weight is 546 g/mol. The number of hydrogen-bond donors (Lipinski definition) is 1. The van der Waals surface area contributed by atoms with Crippen molar-refractivity contribution < 1.29 is 19.1 Å². The third-order valence-corrected chi connectivity index (χ3v) is 6.29. The Morgan fingerprint density at radius 2 is 1.78 bits per heavy atom. The zero-order valence-electron chi connectivity index (χ0n) is 19.9. The van der Waals surface area contributed by atoms with Gasteiger partial charge in [-0.1, -0.05) is 64.0 Å². The quantitative estimate of drug-likeness (QED) is 0.289. The monoisotopic (exact) mass is 545 g/mol. The molecule has 4 rings (SSSR count). The second-order valence-electron chi connectivity index (χ2n) is 8.18. The summed E-state index contributed by atoms with van der Waals surface area (Å²) >= 11 is 3.53. The van der Waals surface area contributed by atoms with Gasteiger partial charge in [0.1, 0.15) is 12.3 Å². The summed E-state index contributed by atoms with van der Waals surface area (Å²) in [6.07, 6.45) is 1.61. The van der Waals surface area contributed by atoms with Crippen molar-refractivity contribution in [3.8, 4) is 17.6 Å². The maximum Gasteiger partial charge on any atom is 0.329 e. The van der Waals surface area contributed by atoms with Crippen molar-refractivity contribution in [1.29, 1.82) is 5.26 Å². The number of urea groups is 1. The molecule has 0 bridgehead atoms. The Labute approximate surface area is 218 Å². The molecule has 0 radical (unpaired) electrons. The molecule has 1 heterocycles. The number of rotatable bonds is 8. The molecule has 1 aliphatic rings. The van der Waals surface area contributed by atoms with Gasteiger partial charge in [-0.3, -0.25) is 9.69 Å². The van der Waals surface area contributed by atoms with Crippen molar-refractivity contribution in [3.05, 3.63) is 98.7 Å². The van der Waals surface area contributed by atoms with E-state index in [-0.39, 0.29) is 18.8 Å². The third kappa shape index (κ3) is 5.58. The number of hydrogen-bond acceptors (Lipinski definition) is 5. The number of ether oxygens (including phenoxy) is 2. The number of nitrogens with one attached hydrogen (secondary N) is 1. The fourth-order valence-electron chi connectivity index (χ4n) is 3.70. The van der Waals surface area contributed by atoms with E-state index in [9.17, 15) is 14.9 Å². The van der Waals surface area contributed by atoms with Gasteiger partial charge < -0.3 is 14.8 Å². The number of imide groups is 1. The molecule has 3 aromatic rings. The van der Waals surface area contributed by atoms with Crippen LogP contribution in [-0.2, 0) is 17.9 Å². The number of amides is 3. The van der Waals surface area contributed by atoms with Crippen molar-refractivity contribution in [1.82, 2.24) is 10.2 Å². The Morgan fingerprint density at radius 3 is 2.50 bits per heavy atom. The Morgan fingerprint density at radius 1 is 1.06 bits per heavy atom. The smallest absolute Gasteiger partial charge is 0.329 e. The standard InChI is InChI=1S/C28H24BrN3O4/c1-3-35-25-13-22(23(29)14-26(25)36-17-21-7-5-4-6-20(21)15-30)12-24-27(33)32(28(34)31-24)16-19-10-8-18(2)9-11-19/h4-14H,3,16-17H2,1-2H3,(H,31,34)/b24-12+. The highest BCUT2D eigenvalue weighted by molar-refractivity contribution is 9.10. The summed E-state index contributed by atoms with van der Waals surface area (Å²) in [7, 11) is 0. The Hall–Kier alpha value is -4.09. The maximum atomic E-state index is 13.0. The molecule has 0 unspecified atom stereocenters. The number of benzene rings is 3. The molecule has 36 heavy (non-hydrogen) atoms. The summed E-state index contributed by atoms with van der Waals surface area (Å²) in [5.74, 6) is 0.565. The largest absolute Gasteiger partial charge is 0.490 e. The summed E-state index contributed by atoms with van der Waals surface area (Å²) in [6, 6.07) is 20.1. The van der Waals surface area contributed by atoms with E-state index in [0.717, 1.165) is 16.7 Å². The van der Waals surface area contributed by atoms with E-state index in [4.69, 9.17) is 9.47 Å². The minimum absolute atomic E-state index is 0.173.